The van der Waals surface area contributed by atoms with E-state index in [1.165, 1.54) is 33.8 Å². The Balaban J connectivity index is 1.47. The van der Waals surface area contributed by atoms with Gasteiger partial charge in [-0.05, 0) is 53.3 Å². The molecule has 1 aliphatic heterocycles. The Morgan fingerprint density at radius 2 is 2.13 bits per heavy atom. The van der Waals surface area contributed by atoms with Crippen LogP contribution < -0.4 is 5.48 Å². The predicted molar refractivity (Wildman–Crippen MR) is 123 cm³/mol. The van der Waals surface area contributed by atoms with Gasteiger partial charge in [-0.25, -0.2) is 10.5 Å². The fraction of sp³-hybridized carbons (Fsp3) is 0.360. The van der Waals surface area contributed by atoms with E-state index in [0.29, 0.717) is 0 Å². The molecule has 1 aromatic carbocycles. The molecule has 2 aromatic heterocycles. The van der Waals surface area contributed by atoms with Crippen molar-refractivity contribution in [3.63, 3.8) is 0 Å². The third kappa shape index (κ3) is 4.70. The topological polar surface area (TPSA) is 81.2 Å². The van der Waals surface area contributed by atoms with Crippen LogP contribution in [-0.4, -0.2) is 39.1 Å². The van der Waals surface area contributed by atoms with E-state index in [-0.39, 0.29) is 5.41 Å². The maximum absolute atomic E-state index is 11.2. The summed E-state index contributed by atoms with van der Waals surface area (Å²) in [4.78, 5) is 21.8. The van der Waals surface area contributed by atoms with Crippen LogP contribution >= 0.6 is 0 Å². The van der Waals surface area contributed by atoms with E-state index in [4.69, 9.17) is 5.21 Å². The first kappa shape index (κ1) is 21.3. The molecule has 0 spiro atoms. The molecule has 0 atom stereocenters. The molecule has 162 valence electrons. The minimum atomic E-state index is -0.522. The van der Waals surface area contributed by atoms with E-state index < -0.39 is 5.91 Å². The number of fused-ring (bicyclic) bond motifs is 2. The van der Waals surface area contributed by atoms with Gasteiger partial charge in [0.2, 0.25) is 0 Å². The molecule has 1 amide bonds. The largest absolute Gasteiger partial charge is 0.343 e. The number of pyridine rings is 1. The maximum atomic E-state index is 11.2. The Hall–Kier alpha value is -2.96. The highest BCUT2D eigenvalue weighted by Crippen LogP contribution is 2.31. The highest BCUT2D eigenvalue weighted by Gasteiger charge is 2.24. The fourth-order valence-corrected chi connectivity index (χ4v) is 4.38. The van der Waals surface area contributed by atoms with Crippen LogP contribution in [0.4, 0.5) is 0 Å². The molecule has 3 N–H and O–H groups in total. The van der Waals surface area contributed by atoms with Gasteiger partial charge in [0.1, 0.15) is 5.65 Å². The number of H-pyrrole nitrogens is 1. The predicted octanol–water partition coefficient (Wildman–Crippen LogP) is 3.98. The van der Waals surface area contributed by atoms with Crippen LogP contribution in [0.1, 0.15) is 48.7 Å². The molecule has 3 aromatic rings. The van der Waals surface area contributed by atoms with Crippen LogP contribution in [0.5, 0.6) is 0 Å². The molecule has 0 unspecified atom stereocenters. The molecular formula is C25H30N4O2. The van der Waals surface area contributed by atoms with Gasteiger partial charge in [0.25, 0.3) is 5.91 Å². The summed E-state index contributed by atoms with van der Waals surface area (Å²) in [5.74, 6) is -0.522. The number of nitrogens with one attached hydrogen (secondary N) is 2. The van der Waals surface area contributed by atoms with Crippen molar-refractivity contribution in [2.75, 3.05) is 13.1 Å². The summed E-state index contributed by atoms with van der Waals surface area (Å²) in [5.41, 5.74) is 8.93. The number of aromatic nitrogens is 2. The molecule has 0 fully saturated rings. The Morgan fingerprint density at radius 1 is 1.29 bits per heavy atom. The minimum absolute atomic E-state index is 0.0430. The molecule has 0 radical (unpaired) electrons. The molecule has 0 saturated carbocycles. The smallest absolute Gasteiger partial charge is 0.267 e. The number of rotatable bonds is 5. The number of carbonyl (C=O) groups excluding carboxylic acids is 1. The average molecular weight is 419 g/mol. The molecule has 3 heterocycles. The number of hydroxylamine groups is 1. The Labute approximate surface area is 183 Å². The van der Waals surface area contributed by atoms with Crippen molar-refractivity contribution in [1.82, 2.24) is 20.3 Å². The van der Waals surface area contributed by atoms with Crippen molar-refractivity contribution in [3.8, 4) is 0 Å². The highest BCUT2D eigenvalue weighted by molar-refractivity contribution is 5.90. The van der Waals surface area contributed by atoms with Gasteiger partial charge in [-0.3, -0.25) is 14.9 Å². The van der Waals surface area contributed by atoms with E-state index in [1.807, 2.05) is 18.3 Å². The number of carbonyl (C=O) groups is 1. The third-order valence-corrected chi connectivity index (χ3v) is 5.97. The second-order valence-electron chi connectivity index (χ2n) is 9.24. The van der Waals surface area contributed by atoms with Crippen molar-refractivity contribution in [2.45, 2.75) is 45.6 Å². The summed E-state index contributed by atoms with van der Waals surface area (Å²) in [5, 5.41) is 9.84. The number of hydrogen-bond donors (Lipinski definition) is 3. The van der Waals surface area contributed by atoms with Gasteiger partial charge < -0.3 is 4.98 Å². The molecule has 0 aliphatic carbocycles. The summed E-state index contributed by atoms with van der Waals surface area (Å²) in [6, 6.07) is 10.5. The lowest BCUT2D eigenvalue weighted by Gasteiger charge is -2.29. The SMILES string of the molecule is CC(C)(C)c1[nH]c2ncccc2c1CCN1CCc2cc(C=CC(=O)NO)ccc2C1. The van der Waals surface area contributed by atoms with Crippen LogP contribution in [0.25, 0.3) is 17.1 Å². The van der Waals surface area contributed by atoms with Gasteiger partial charge in [-0.15, -0.1) is 0 Å². The van der Waals surface area contributed by atoms with Gasteiger partial charge in [0.15, 0.2) is 0 Å². The standard InChI is InChI=1S/C25H30N4O2/c1-25(2,3)23-20(21-5-4-12-26-24(21)27-23)11-14-29-13-10-18-15-17(6-8-19(18)16-29)7-9-22(30)28-31/h4-9,12,15,31H,10-11,13-14,16H2,1-3H3,(H,26,27)(H,28,30). The minimum Gasteiger partial charge on any atom is -0.343 e. The zero-order chi connectivity index (χ0) is 22.0. The summed E-state index contributed by atoms with van der Waals surface area (Å²) in [6.45, 7) is 9.69. The summed E-state index contributed by atoms with van der Waals surface area (Å²) < 4.78 is 0. The first-order valence-electron chi connectivity index (χ1n) is 10.8. The molecule has 6 heteroatoms. The molecule has 0 saturated heterocycles. The van der Waals surface area contributed by atoms with E-state index >= 15 is 0 Å². The number of benzene rings is 1. The van der Waals surface area contributed by atoms with Crippen molar-refractivity contribution < 1.29 is 10.0 Å². The lowest BCUT2D eigenvalue weighted by Crippen LogP contribution is -2.32. The number of hydrogen-bond acceptors (Lipinski definition) is 4. The Morgan fingerprint density at radius 3 is 2.90 bits per heavy atom. The molecule has 6 nitrogen and oxygen atoms in total. The lowest BCUT2D eigenvalue weighted by atomic mass is 9.88. The average Bonchev–Trinajstić information content (AvgIpc) is 3.15. The molecular weight excluding hydrogens is 388 g/mol. The first-order valence-corrected chi connectivity index (χ1v) is 10.8. The zero-order valence-electron chi connectivity index (χ0n) is 18.4. The highest BCUT2D eigenvalue weighted by atomic mass is 16.5. The first-order chi connectivity index (χ1) is 14.8. The molecule has 31 heavy (non-hydrogen) atoms. The second kappa shape index (κ2) is 8.65. The van der Waals surface area contributed by atoms with Crippen LogP contribution in [-0.2, 0) is 29.6 Å². The van der Waals surface area contributed by atoms with Crippen molar-refractivity contribution in [2.24, 2.45) is 0 Å². The molecule has 1 aliphatic rings. The lowest BCUT2D eigenvalue weighted by molar-refractivity contribution is -0.124. The summed E-state index contributed by atoms with van der Waals surface area (Å²) >= 11 is 0. The normalized spacial score (nSPS) is 14.8. The van der Waals surface area contributed by atoms with E-state index in [2.05, 4.69) is 53.8 Å². The van der Waals surface area contributed by atoms with Gasteiger partial charge >= 0.3 is 0 Å². The van der Waals surface area contributed by atoms with E-state index in [1.54, 1.807) is 11.6 Å². The Bertz CT molecular complexity index is 1120. The Kier molecular flexibility index (Phi) is 5.94. The summed E-state index contributed by atoms with van der Waals surface area (Å²) in [6.07, 6.45) is 6.88. The van der Waals surface area contributed by atoms with Crippen LogP contribution in [0.15, 0.2) is 42.6 Å². The number of aromatic amines is 1. The molecule has 0 bridgehead atoms. The zero-order valence-corrected chi connectivity index (χ0v) is 18.4. The van der Waals surface area contributed by atoms with Crippen LogP contribution in [0, 0.1) is 0 Å². The molecule has 4 rings (SSSR count). The summed E-state index contributed by atoms with van der Waals surface area (Å²) in [7, 11) is 0. The van der Waals surface area contributed by atoms with Gasteiger partial charge in [-0.2, -0.15) is 0 Å². The van der Waals surface area contributed by atoms with Gasteiger partial charge in [0, 0.05) is 48.4 Å². The van der Waals surface area contributed by atoms with Crippen molar-refractivity contribution >= 4 is 23.0 Å². The fourth-order valence-electron chi connectivity index (χ4n) is 4.38. The van der Waals surface area contributed by atoms with Crippen molar-refractivity contribution in [3.05, 3.63) is 70.6 Å². The maximum Gasteiger partial charge on any atom is 0.267 e. The monoisotopic (exact) mass is 418 g/mol. The van der Waals surface area contributed by atoms with Crippen LogP contribution in [0.2, 0.25) is 0 Å². The quantitative estimate of drug-likeness (QED) is 0.333. The number of amides is 1. The second-order valence-corrected chi connectivity index (χ2v) is 9.24. The third-order valence-electron chi connectivity index (χ3n) is 5.97. The van der Waals surface area contributed by atoms with Gasteiger partial charge in [0.05, 0.1) is 0 Å². The van der Waals surface area contributed by atoms with Crippen molar-refractivity contribution in [1.29, 1.82) is 0 Å². The van der Waals surface area contributed by atoms with E-state index in [0.717, 1.165) is 43.7 Å². The van der Waals surface area contributed by atoms with Gasteiger partial charge in [-0.1, -0.05) is 39.0 Å². The van der Waals surface area contributed by atoms with E-state index in [9.17, 15) is 4.79 Å². The number of nitrogens with zero attached hydrogens (tertiary/aromatic N) is 2. The van der Waals surface area contributed by atoms with Crippen LogP contribution in [0.3, 0.4) is 0 Å².